The van der Waals surface area contributed by atoms with Crippen molar-refractivity contribution in [3.8, 4) is 0 Å². The van der Waals surface area contributed by atoms with Crippen molar-refractivity contribution in [2.75, 3.05) is 26.2 Å². The van der Waals surface area contributed by atoms with Crippen LogP contribution >= 0.6 is 11.3 Å². The third-order valence-electron chi connectivity index (χ3n) is 4.08. The molecule has 2 heterocycles. The second kappa shape index (κ2) is 7.17. The van der Waals surface area contributed by atoms with Crippen LogP contribution in [0, 0.1) is 0 Å². The maximum absolute atomic E-state index is 12.3. The highest BCUT2D eigenvalue weighted by Gasteiger charge is 2.28. The van der Waals surface area contributed by atoms with E-state index in [1.165, 1.54) is 0 Å². The lowest BCUT2D eigenvalue weighted by Crippen LogP contribution is -2.39. The lowest BCUT2D eigenvalue weighted by atomic mass is 9.98. The average Bonchev–Trinajstić information content (AvgIpc) is 2.77. The first-order valence-corrected chi connectivity index (χ1v) is 10.6. The Balaban J connectivity index is 1.98. The SMILES string of the molecule is CC(C)S(=O)(=O)N1CCCN(Cc2csc(C(C)(C)C)n2)CC1. The number of aromatic nitrogens is 1. The van der Waals surface area contributed by atoms with E-state index in [0.717, 1.165) is 36.8 Å². The monoisotopic (exact) mass is 359 g/mol. The minimum absolute atomic E-state index is 0.0871. The van der Waals surface area contributed by atoms with Crippen molar-refractivity contribution in [1.82, 2.24) is 14.2 Å². The second-order valence-corrected chi connectivity index (χ2v) is 10.9. The van der Waals surface area contributed by atoms with E-state index in [9.17, 15) is 8.42 Å². The number of sulfonamides is 1. The molecule has 7 heteroatoms. The molecular formula is C16H29N3O2S2. The van der Waals surface area contributed by atoms with Crippen LogP contribution in [0.3, 0.4) is 0 Å². The summed E-state index contributed by atoms with van der Waals surface area (Å²) in [6, 6.07) is 0. The van der Waals surface area contributed by atoms with Gasteiger partial charge in [-0.25, -0.2) is 17.7 Å². The van der Waals surface area contributed by atoms with Crippen LogP contribution in [0.1, 0.15) is 51.7 Å². The van der Waals surface area contributed by atoms with Gasteiger partial charge in [-0.2, -0.15) is 0 Å². The maximum atomic E-state index is 12.3. The summed E-state index contributed by atoms with van der Waals surface area (Å²) in [6.45, 7) is 13.7. The molecule has 0 spiro atoms. The summed E-state index contributed by atoms with van der Waals surface area (Å²) in [5, 5.41) is 2.95. The summed E-state index contributed by atoms with van der Waals surface area (Å²) in [7, 11) is -3.14. The van der Waals surface area contributed by atoms with Gasteiger partial charge in [-0.1, -0.05) is 20.8 Å². The minimum atomic E-state index is -3.14. The van der Waals surface area contributed by atoms with Crippen LogP contribution < -0.4 is 0 Å². The number of thiazole rings is 1. The molecule has 2 rings (SSSR count). The van der Waals surface area contributed by atoms with Crippen molar-refractivity contribution in [1.29, 1.82) is 0 Å². The number of hydrogen-bond acceptors (Lipinski definition) is 5. The quantitative estimate of drug-likeness (QED) is 0.829. The lowest BCUT2D eigenvalue weighted by molar-refractivity contribution is 0.275. The van der Waals surface area contributed by atoms with Gasteiger partial charge in [0.05, 0.1) is 16.0 Å². The van der Waals surface area contributed by atoms with E-state index in [1.807, 2.05) is 0 Å². The fourth-order valence-electron chi connectivity index (χ4n) is 2.61. The molecule has 0 saturated carbocycles. The first kappa shape index (κ1) is 18.8. The fraction of sp³-hybridized carbons (Fsp3) is 0.812. The standard InChI is InChI=1S/C16H29N3O2S2/c1-13(2)23(20,21)19-8-6-7-18(9-10-19)11-14-12-22-15(17-14)16(3,4)5/h12-13H,6-11H2,1-5H3. The summed E-state index contributed by atoms with van der Waals surface area (Å²) in [5.41, 5.74) is 1.18. The topological polar surface area (TPSA) is 53.5 Å². The van der Waals surface area contributed by atoms with Crippen molar-refractivity contribution in [3.05, 3.63) is 16.1 Å². The van der Waals surface area contributed by atoms with E-state index in [2.05, 4.69) is 31.1 Å². The van der Waals surface area contributed by atoms with Crippen molar-refractivity contribution in [2.24, 2.45) is 0 Å². The second-order valence-electron chi connectivity index (χ2n) is 7.52. The van der Waals surface area contributed by atoms with Gasteiger partial charge in [0, 0.05) is 37.0 Å². The highest BCUT2D eigenvalue weighted by Crippen LogP contribution is 2.26. The van der Waals surface area contributed by atoms with Gasteiger partial charge in [-0.05, 0) is 26.8 Å². The Hall–Kier alpha value is -0.500. The molecular weight excluding hydrogens is 330 g/mol. The first-order valence-electron chi connectivity index (χ1n) is 8.27. The van der Waals surface area contributed by atoms with E-state index in [4.69, 9.17) is 4.98 Å². The molecule has 0 amide bonds. The van der Waals surface area contributed by atoms with E-state index >= 15 is 0 Å². The van der Waals surface area contributed by atoms with E-state index < -0.39 is 10.0 Å². The zero-order valence-electron chi connectivity index (χ0n) is 14.9. The average molecular weight is 360 g/mol. The predicted octanol–water partition coefficient (Wildman–Crippen LogP) is 2.69. The molecule has 5 nitrogen and oxygen atoms in total. The smallest absolute Gasteiger partial charge is 0.216 e. The van der Waals surface area contributed by atoms with Gasteiger partial charge < -0.3 is 0 Å². The summed E-state index contributed by atoms with van der Waals surface area (Å²) in [6.07, 6.45) is 0.877. The third-order valence-corrected chi connectivity index (χ3v) is 7.68. The van der Waals surface area contributed by atoms with Crippen molar-refractivity contribution < 1.29 is 8.42 Å². The van der Waals surface area contributed by atoms with Gasteiger partial charge in [0.1, 0.15) is 0 Å². The molecule has 0 unspecified atom stereocenters. The summed E-state index contributed by atoms with van der Waals surface area (Å²) < 4.78 is 26.3. The van der Waals surface area contributed by atoms with Gasteiger partial charge in [0.15, 0.2) is 0 Å². The zero-order chi connectivity index (χ0) is 17.3. The maximum Gasteiger partial charge on any atom is 0.216 e. The van der Waals surface area contributed by atoms with Crippen LogP contribution in [-0.2, 0) is 22.0 Å². The number of rotatable bonds is 4. The normalized spacial score (nSPS) is 19.2. The molecule has 0 radical (unpaired) electrons. The predicted molar refractivity (Wildman–Crippen MR) is 96.3 cm³/mol. The Bertz CT molecular complexity index is 618. The fourth-order valence-corrected chi connectivity index (χ4v) is 4.83. The van der Waals surface area contributed by atoms with Gasteiger partial charge in [-0.3, -0.25) is 4.90 Å². The van der Waals surface area contributed by atoms with Crippen LogP contribution in [0.4, 0.5) is 0 Å². The number of hydrogen-bond donors (Lipinski definition) is 0. The minimum Gasteiger partial charge on any atom is -0.296 e. The summed E-state index contributed by atoms with van der Waals surface area (Å²) in [5.74, 6) is 0. The highest BCUT2D eigenvalue weighted by molar-refractivity contribution is 7.89. The van der Waals surface area contributed by atoms with Gasteiger partial charge in [0.2, 0.25) is 10.0 Å². The summed E-state index contributed by atoms with van der Waals surface area (Å²) in [4.78, 5) is 7.06. The Morgan fingerprint density at radius 2 is 1.91 bits per heavy atom. The molecule has 1 aliphatic heterocycles. The Morgan fingerprint density at radius 3 is 2.48 bits per heavy atom. The van der Waals surface area contributed by atoms with E-state index in [1.54, 1.807) is 29.5 Å². The lowest BCUT2D eigenvalue weighted by Gasteiger charge is -2.23. The largest absolute Gasteiger partial charge is 0.296 e. The molecule has 0 aliphatic carbocycles. The van der Waals surface area contributed by atoms with Gasteiger partial charge >= 0.3 is 0 Å². The Morgan fingerprint density at radius 1 is 1.22 bits per heavy atom. The molecule has 1 fully saturated rings. The van der Waals surface area contributed by atoms with Crippen LogP contribution in [0.25, 0.3) is 0 Å². The van der Waals surface area contributed by atoms with Crippen molar-refractivity contribution >= 4 is 21.4 Å². The third kappa shape index (κ3) is 4.75. The van der Waals surface area contributed by atoms with Gasteiger partial charge in [-0.15, -0.1) is 11.3 Å². The van der Waals surface area contributed by atoms with Crippen molar-refractivity contribution in [3.63, 3.8) is 0 Å². The molecule has 0 aromatic carbocycles. The molecule has 1 aliphatic rings. The van der Waals surface area contributed by atoms with Crippen LogP contribution in [0.2, 0.25) is 0 Å². The van der Waals surface area contributed by atoms with Crippen LogP contribution in [0.5, 0.6) is 0 Å². The zero-order valence-corrected chi connectivity index (χ0v) is 16.5. The molecule has 1 aromatic rings. The van der Waals surface area contributed by atoms with Crippen LogP contribution in [0.15, 0.2) is 5.38 Å². The molecule has 0 bridgehead atoms. The highest BCUT2D eigenvalue weighted by atomic mass is 32.2. The molecule has 1 saturated heterocycles. The van der Waals surface area contributed by atoms with E-state index in [0.29, 0.717) is 13.1 Å². The van der Waals surface area contributed by atoms with Gasteiger partial charge in [0.25, 0.3) is 0 Å². The van der Waals surface area contributed by atoms with Crippen molar-refractivity contribution in [2.45, 2.75) is 58.2 Å². The number of nitrogens with zero attached hydrogens (tertiary/aromatic N) is 3. The van der Waals surface area contributed by atoms with Crippen LogP contribution in [-0.4, -0.2) is 54.0 Å². The Labute approximate surface area is 144 Å². The molecule has 132 valence electrons. The molecule has 1 aromatic heterocycles. The van der Waals surface area contributed by atoms with E-state index in [-0.39, 0.29) is 10.7 Å². The molecule has 0 atom stereocenters. The molecule has 0 N–H and O–H groups in total. The first-order chi connectivity index (χ1) is 10.6. The Kier molecular flexibility index (Phi) is 5.87. The molecule has 23 heavy (non-hydrogen) atoms. The summed E-state index contributed by atoms with van der Waals surface area (Å²) >= 11 is 1.71.